The Kier molecular flexibility index (Phi) is 6.40. The van der Waals surface area contributed by atoms with E-state index >= 15 is 0 Å². The van der Waals surface area contributed by atoms with Crippen LogP contribution >= 0.6 is 35.6 Å². The van der Waals surface area contributed by atoms with Gasteiger partial charge in [0.15, 0.2) is 0 Å². The molecule has 0 fully saturated rings. The molecule has 0 heterocycles. The molecule has 0 aliphatic rings. The summed E-state index contributed by atoms with van der Waals surface area (Å²) in [6.07, 6.45) is 0. The highest BCUT2D eigenvalue weighted by molar-refractivity contribution is 7.89. The molecule has 0 spiro atoms. The summed E-state index contributed by atoms with van der Waals surface area (Å²) >= 11 is 11.5. The van der Waals surface area contributed by atoms with Gasteiger partial charge < -0.3 is 5.73 Å². The molecule has 1 aromatic carbocycles. The molecular weight excluding hydrogens is 319 g/mol. The van der Waals surface area contributed by atoms with Crippen molar-refractivity contribution in [2.24, 2.45) is 5.73 Å². The maximum Gasteiger partial charge on any atom is 0.240 e. The fourth-order valence-corrected chi connectivity index (χ4v) is 3.00. The van der Waals surface area contributed by atoms with Gasteiger partial charge in [-0.2, -0.15) is 0 Å². The minimum absolute atomic E-state index is 0. The molecule has 1 aromatic rings. The molecule has 1 rings (SSSR count). The van der Waals surface area contributed by atoms with E-state index in [2.05, 4.69) is 4.72 Å². The van der Waals surface area contributed by atoms with Crippen LogP contribution in [0, 0.1) is 0 Å². The molecule has 0 aliphatic heterocycles. The van der Waals surface area contributed by atoms with Crippen LogP contribution in [-0.2, 0) is 10.0 Å². The average Bonchev–Trinajstić information content (AvgIpc) is 2.12. The highest BCUT2D eigenvalue weighted by Gasteiger charge is 2.19. The van der Waals surface area contributed by atoms with Gasteiger partial charge in [-0.1, -0.05) is 23.2 Å². The number of halogens is 3. The first kappa shape index (κ1) is 18.0. The second kappa shape index (κ2) is 6.41. The van der Waals surface area contributed by atoms with Crippen molar-refractivity contribution >= 4 is 45.6 Å². The van der Waals surface area contributed by atoms with Crippen LogP contribution in [0.1, 0.15) is 13.8 Å². The van der Waals surface area contributed by atoms with Crippen LogP contribution in [0.5, 0.6) is 0 Å². The number of rotatable bonds is 4. The summed E-state index contributed by atoms with van der Waals surface area (Å²) in [6.45, 7) is 3.57. The summed E-state index contributed by atoms with van der Waals surface area (Å²) in [4.78, 5) is 0.0271. The van der Waals surface area contributed by atoms with Gasteiger partial charge in [-0.3, -0.25) is 0 Å². The SMILES string of the molecule is CC(C)(N)CNS(=O)(=O)c1cc(Cl)cc(Cl)c1.Cl. The predicted octanol–water partition coefficient (Wildman–Crippen LogP) is 2.43. The molecule has 0 amide bonds. The normalized spacial score (nSPS) is 12.1. The Bertz CT molecular complexity index is 492. The Morgan fingerprint density at radius 2 is 1.67 bits per heavy atom. The summed E-state index contributed by atoms with van der Waals surface area (Å²) in [5, 5.41) is 0.537. The molecule has 0 aromatic heterocycles. The fourth-order valence-electron chi connectivity index (χ4n) is 1.05. The van der Waals surface area contributed by atoms with Gasteiger partial charge >= 0.3 is 0 Å². The standard InChI is InChI=1S/C10H14Cl2N2O2S.ClH/c1-10(2,13)6-14-17(15,16)9-4-7(11)3-8(12)5-9;/h3-5,14H,6,13H2,1-2H3;1H. The predicted molar refractivity (Wildman–Crippen MR) is 77.2 cm³/mol. The van der Waals surface area contributed by atoms with Crippen molar-refractivity contribution in [1.82, 2.24) is 4.72 Å². The van der Waals surface area contributed by atoms with E-state index < -0.39 is 15.6 Å². The zero-order valence-corrected chi connectivity index (χ0v) is 13.1. The van der Waals surface area contributed by atoms with Gasteiger partial charge in [-0.05, 0) is 32.0 Å². The molecule has 0 saturated heterocycles. The molecule has 0 bridgehead atoms. The number of benzene rings is 1. The maximum atomic E-state index is 11.9. The zero-order chi connectivity index (χ0) is 13.3. The third-order valence-corrected chi connectivity index (χ3v) is 3.68. The van der Waals surface area contributed by atoms with Gasteiger partial charge in [-0.15, -0.1) is 12.4 Å². The lowest BCUT2D eigenvalue weighted by Gasteiger charge is -2.19. The topological polar surface area (TPSA) is 72.2 Å². The van der Waals surface area contributed by atoms with E-state index in [1.807, 2.05) is 0 Å². The lowest BCUT2D eigenvalue weighted by Crippen LogP contribution is -2.45. The lowest BCUT2D eigenvalue weighted by molar-refractivity contribution is 0.498. The Hall–Kier alpha value is -0.0400. The van der Waals surface area contributed by atoms with Gasteiger partial charge in [0, 0.05) is 22.1 Å². The van der Waals surface area contributed by atoms with Gasteiger partial charge in [-0.25, -0.2) is 13.1 Å². The summed E-state index contributed by atoms with van der Waals surface area (Å²) < 4.78 is 26.2. The number of hydrogen-bond donors (Lipinski definition) is 2. The molecule has 3 N–H and O–H groups in total. The van der Waals surface area contributed by atoms with E-state index in [1.54, 1.807) is 13.8 Å². The summed E-state index contributed by atoms with van der Waals surface area (Å²) in [5.41, 5.74) is 5.07. The van der Waals surface area contributed by atoms with E-state index in [-0.39, 0.29) is 33.9 Å². The van der Waals surface area contributed by atoms with E-state index in [4.69, 9.17) is 28.9 Å². The third kappa shape index (κ3) is 5.73. The highest BCUT2D eigenvalue weighted by atomic mass is 35.5. The van der Waals surface area contributed by atoms with E-state index in [1.165, 1.54) is 18.2 Å². The molecule has 0 saturated carbocycles. The van der Waals surface area contributed by atoms with Crippen molar-refractivity contribution in [1.29, 1.82) is 0 Å². The summed E-state index contributed by atoms with van der Waals surface area (Å²) in [5.74, 6) is 0. The minimum atomic E-state index is -3.64. The van der Waals surface area contributed by atoms with Crippen LogP contribution < -0.4 is 10.5 Å². The monoisotopic (exact) mass is 332 g/mol. The van der Waals surface area contributed by atoms with Gasteiger partial charge in [0.2, 0.25) is 10.0 Å². The first-order valence-electron chi connectivity index (χ1n) is 4.85. The van der Waals surface area contributed by atoms with Crippen molar-refractivity contribution in [2.45, 2.75) is 24.3 Å². The van der Waals surface area contributed by atoms with Crippen LogP contribution in [0.4, 0.5) is 0 Å². The van der Waals surface area contributed by atoms with Crippen molar-refractivity contribution in [3.8, 4) is 0 Å². The molecule has 0 aliphatic carbocycles. The molecule has 8 heteroatoms. The average molecular weight is 334 g/mol. The maximum absolute atomic E-state index is 11.9. The molecule has 0 unspecified atom stereocenters. The molecule has 18 heavy (non-hydrogen) atoms. The van der Waals surface area contributed by atoms with Crippen molar-refractivity contribution < 1.29 is 8.42 Å². The van der Waals surface area contributed by atoms with Crippen molar-refractivity contribution in [3.63, 3.8) is 0 Å². The number of hydrogen-bond acceptors (Lipinski definition) is 3. The smallest absolute Gasteiger partial charge is 0.240 e. The van der Waals surface area contributed by atoms with E-state index in [0.717, 1.165) is 0 Å². The molecular formula is C10H15Cl3N2O2S. The van der Waals surface area contributed by atoms with E-state index in [0.29, 0.717) is 0 Å². The van der Waals surface area contributed by atoms with Crippen LogP contribution in [0.15, 0.2) is 23.1 Å². The Labute approximate surface area is 123 Å². The lowest BCUT2D eigenvalue weighted by atomic mass is 10.1. The molecule has 104 valence electrons. The van der Waals surface area contributed by atoms with Crippen molar-refractivity contribution in [2.75, 3.05) is 6.54 Å². The van der Waals surface area contributed by atoms with E-state index in [9.17, 15) is 8.42 Å². The quantitative estimate of drug-likeness (QED) is 0.889. The number of nitrogens with one attached hydrogen (secondary N) is 1. The first-order chi connectivity index (χ1) is 7.60. The second-order valence-electron chi connectivity index (χ2n) is 4.42. The third-order valence-electron chi connectivity index (χ3n) is 1.86. The molecule has 0 atom stereocenters. The highest BCUT2D eigenvalue weighted by Crippen LogP contribution is 2.22. The number of sulfonamides is 1. The van der Waals surface area contributed by atoms with Gasteiger partial charge in [0.05, 0.1) is 4.90 Å². The second-order valence-corrected chi connectivity index (χ2v) is 7.06. The Morgan fingerprint density at radius 3 is 2.06 bits per heavy atom. The van der Waals surface area contributed by atoms with Crippen molar-refractivity contribution in [3.05, 3.63) is 28.2 Å². The minimum Gasteiger partial charge on any atom is -0.324 e. The summed E-state index contributed by atoms with van der Waals surface area (Å²) in [6, 6.07) is 4.13. The molecule has 0 radical (unpaired) electrons. The van der Waals surface area contributed by atoms with Crippen LogP contribution in [0.2, 0.25) is 10.0 Å². The van der Waals surface area contributed by atoms with Crippen LogP contribution in [0.3, 0.4) is 0 Å². The Morgan fingerprint density at radius 1 is 1.22 bits per heavy atom. The zero-order valence-electron chi connectivity index (χ0n) is 9.91. The largest absolute Gasteiger partial charge is 0.324 e. The van der Waals surface area contributed by atoms with Gasteiger partial charge in [0.25, 0.3) is 0 Å². The Balaban J connectivity index is 0.00000289. The summed E-state index contributed by atoms with van der Waals surface area (Å²) in [7, 11) is -3.64. The van der Waals surface area contributed by atoms with Gasteiger partial charge in [0.1, 0.15) is 0 Å². The first-order valence-corrected chi connectivity index (χ1v) is 7.09. The molecule has 4 nitrogen and oxygen atoms in total. The van der Waals surface area contributed by atoms with Crippen LogP contribution in [-0.4, -0.2) is 20.5 Å². The fraction of sp³-hybridized carbons (Fsp3) is 0.400. The number of nitrogens with two attached hydrogens (primary N) is 1. The van der Waals surface area contributed by atoms with Crippen LogP contribution in [0.25, 0.3) is 0 Å².